The van der Waals surface area contributed by atoms with Crippen molar-refractivity contribution >= 4 is 0 Å². The molecule has 0 heterocycles. The maximum absolute atomic E-state index is 6.36. The van der Waals surface area contributed by atoms with E-state index in [0.29, 0.717) is 12.5 Å². The lowest BCUT2D eigenvalue weighted by Crippen LogP contribution is -2.21. The highest BCUT2D eigenvalue weighted by Crippen LogP contribution is 2.29. The van der Waals surface area contributed by atoms with Crippen molar-refractivity contribution < 1.29 is 0 Å². The standard InChI is InChI=1S/C15H26N2/c1-9(8-16)6-14(17)15-12(4)10(2)7-11(3)13(15)5/h7,9,14H,6,8,16-17H2,1-5H3. The first-order valence-corrected chi connectivity index (χ1v) is 6.41. The van der Waals surface area contributed by atoms with Crippen LogP contribution in [0.4, 0.5) is 0 Å². The van der Waals surface area contributed by atoms with E-state index in [-0.39, 0.29) is 6.04 Å². The number of hydrogen-bond acceptors (Lipinski definition) is 2. The molecule has 2 heteroatoms. The largest absolute Gasteiger partial charge is 0.330 e. The lowest BCUT2D eigenvalue weighted by Gasteiger charge is -2.23. The lowest BCUT2D eigenvalue weighted by atomic mass is 9.86. The number of aryl methyl sites for hydroxylation is 2. The van der Waals surface area contributed by atoms with Gasteiger partial charge in [-0.05, 0) is 74.4 Å². The van der Waals surface area contributed by atoms with Gasteiger partial charge in [-0.15, -0.1) is 0 Å². The number of benzene rings is 1. The molecular weight excluding hydrogens is 208 g/mol. The molecular formula is C15H26N2. The summed E-state index contributed by atoms with van der Waals surface area (Å²) in [5.41, 5.74) is 18.7. The van der Waals surface area contributed by atoms with Crippen molar-refractivity contribution in [1.82, 2.24) is 0 Å². The molecule has 0 bridgehead atoms. The zero-order valence-electron chi connectivity index (χ0n) is 11.8. The number of hydrogen-bond donors (Lipinski definition) is 2. The quantitative estimate of drug-likeness (QED) is 0.841. The van der Waals surface area contributed by atoms with Gasteiger partial charge in [0.15, 0.2) is 0 Å². The average molecular weight is 234 g/mol. The monoisotopic (exact) mass is 234 g/mol. The highest BCUT2D eigenvalue weighted by atomic mass is 14.6. The van der Waals surface area contributed by atoms with E-state index in [2.05, 4.69) is 40.7 Å². The first-order chi connectivity index (χ1) is 7.88. The predicted molar refractivity (Wildman–Crippen MR) is 75.2 cm³/mol. The molecule has 0 aliphatic heterocycles. The number of rotatable bonds is 4. The van der Waals surface area contributed by atoms with Gasteiger partial charge in [-0.2, -0.15) is 0 Å². The van der Waals surface area contributed by atoms with Crippen LogP contribution in [0.1, 0.15) is 47.2 Å². The molecule has 1 aromatic rings. The van der Waals surface area contributed by atoms with Crippen LogP contribution in [0, 0.1) is 33.6 Å². The molecule has 0 spiro atoms. The van der Waals surface area contributed by atoms with Crippen LogP contribution in [0.15, 0.2) is 6.07 Å². The van der Waals surface area contributed by atoms with Gasteiger partial charge in [-0.25, -0.2) is 0 Å². The first kappa shape index (κ1) is 14.2. The van der Waals surface area contributed by atoms with E-state index in [1.165, 1.54) is 27.8 Å². The summed E-state index contributed by atoms with van der Waals surface area (Å²) in [6.07, 6.45) is 0.959. The fourth-order valence-electron chi connectivity index (χ4n) is 2.45. The van der Waals surface area contributed by atoms with E-state index >= 15 is 0 Å². The molecule has 1 aromatic carbocycles. The highest BCUT2D eigenvalue weighted by Gasteiger charge is 2.17. The molecule has 2 atom stereocenters. The minimum absolute atomic E-state index is 0.104. The molecule has 0 aliphatic rings. The van der Waals surface area contributed by atoms with E-state index in [9.17, 15) is 0 Å². The Hall–Kier alpha value is -0.860. The molecule has 0 radical (unpaired) electrons. The topological polar surface area (TPSA) is 52.0 Å². The molecule has 0 amide bonds. The van der Waals surface area contributed by atoms with Crippen LogP contribution in [-0.4, -0.2) is 6.54 Å². The van der Waals surface area contributed by atoms with Crippen LogP contribution in [0.3, 0.4) is 0 Å². The average Bonchev–Trinajstić information content (AvgIpc) is 2.26. The summed E-state index contributed by atoms with van der Waals surface area (Å²) in [5.74, 6) is 0.476. The molecule has 0 fully saturated rings. The second-order valence-corrected chi connectivity index (χ2v) is 5.36. The molecule has 0 saturated carbocycles. The Morgan fingerprint density at radius 2 is 1.53 bits per heavy atom. The van der Waals surface area contributed by atoms with Gasteiger partial charge in [0.2, 0.25) is 0 Å². The Kier molecular flexibility index (Phi) is 4.72. The minimum atomic E-state index is 0.104. The fraction of sp³-hybridized carbons (Fsp3) is 0.600. The summed E-state index contributed by atoms with van der Waals surface area (Å²) < 4.78 is 0. The third-order valence-corrected chi connectivity index (χ3v) is 3.85. The van der Waals surface area contributed by atoms with Crippen LogP contribution < -0.4 is 11.5 Å². The Morgan fingerprint density at radius 3 is 1.94 bits per heavy atom. The van der Waals surface area contributed by atoms with Crippen LogP contribution in [-0.2, 0) is 0 Å². The van der Waals surface area contributed by atoms with Gasteiger partial charge in [0, 0.05) is 6.04 Å². The minimum Gasteiger partial charge on any atom is -0.330 e. The Morgan fingerprint density at radius 1 is 1.06 bits per heavy atom. The summed E-state index contributed by atoms with van der Waals surface area (Å²) in [6.45, 7) is 11.5. The second-order valence-electron chi connectivity index (χ2n) is 5.36. The lowest BCUT2D eigenvalue weighted by molar-refractivity contribution is 0.480. The number of nitrogens with two attached hydrogens (primary N) is 2. The first-order valence-electron chi connectivity index (χ1n) is 6.41. The zero-order valence-corrected chi connectivity index (χ0v) is 11.8. The van der Waals surface area contributed by atoms with E-state index in [4.69, 9.17) is 11.5 Å². The molecule has 17 heavy (non-hydrogen) atoms. The van der Waals surface area contributed by atoms with Crippen LogP contribution in [0.25, 0.3) is 0 Å². The van der Waals surface area contributed by atoms with Gasteiger partial charge in [-0.3, -0.25) is 0 Å². The summed E-state index contributed by atoms with van der Waals surface area (Å²) in [4.78, 5) is 0. The Balaban J connectivity index is 3.12. The van der Waals surface area contributed by atoms with E-state index in [1.807, 2.05) is 0 Å². The molecule has 0 saturated heterocycles. The van der Waals surface area contributed by atoms with Crippen LogP contribution in [0.5, 0.6) is 0 Å². The molecule has 96 valence electrons. The summed E-state index contributed by atoms with van der Waals surface area (Å²) in [5, 5.41) is 0. The summed E-state index contributed by atoms with van der Waals surface area (Å²) in [6, 6.07) is 2.35. The maximum Gasteiger partial charge on any atom is 0.0303 e. The van der Waals surface area contributed by atoms with E-state index in [1.54, 1.807) is 0 Å². The Labute approximate surface area is 105 Å². The third-order valence-electron chi connectivity index (χ3n) is 3.85. The van der Waals surface area contributed by atoms with E-state index in [0.717, 1.165) is 6.42 Å². The summed E-state index contributed by atoms with van der Waals surface area (Å²) in [7, 11) is 0. The second kappa shape index (κ2) is 5.65. The van der Waals surface area contributed by atoms with Gasteiger partial charge in [0.1, 0.15) is 0 Å². The zero-order chi connectivity index (χ0) is 13.2. The van der Waals surface area contributed by atoms with Gasteiger partial charge in [0.05, 0.1) is 0 Å². The Bertz CT molecular complexity index is 370. The van der Waals surface area contributed by atoms with Crippen molar-refractivity contribution in [2.75, 3.05) is 6.54 Å². The predicted octanol–water partition coefficient (Wildman–Crippen LogP) is 2.90. The molecule has 0 aliphatic carbocycles. The van der Waals surface area contributed by atoms with E-state index < -0.39 is 0 Å². The summed E-state index contributed by atoms with van der Waals surface area (Å²) >= 11 is 0. The maximum atomic E-state index is 6.36. The smallest absolute Gasteiger partial charge is 0.0303 e. The van der Waals surface area contributed by atoms with Crippen molar-refractivity contribution in [2.24, 2.45) is 17.4 Å². The van der Waals surface area contributed by atoms with Crippen molar-refractivity contribution in [3.63, 3.8) is 0 Å². The van der Waals surface area contributed by atoms with Gasteiger partial charge < -0.3 is 11.5 Å². The molecule has 2 nitrogen and oxygen atoms in total. The van der Waals surface area contributed by atoms with Crippen molar-refractivity contribution in [1.29, 1.82) is 0 Å². The van der Waals surface area contributed by atoms with Gasteiger partial charge >= 0.3 is 0 Å². The van der Waals surface area contributed by atoms with Crippen LogP contribution in [0.2, 0.25) is 0 Å². The van der Waals surface area contributed by atoms with Gasteiger partial charge in [-0.1, -0.05) is 13.0 Å². The molecule has 0 aromatic heterocycles. The normalized spacial score (nSPS) is 14.8. The van der Waals surface area contributed by atoms with Crippen molar-refractivity contribution in [2.45, 2.75) is 47.1 Å². The van der Waals surface area contributed by atoms with Gasteiger partial charge in [0.25, 0.3) is 0 Å². The van der Waals surface area contributed by atoms with Crippen molar-refractivity contribution in [3.05, 3.63) is 33.9 Å². The van der Waals surface area contributed by atoms with Crippen LogP contribution >= 0.6 is 0 Å². The molecule has 4 N–H and O–H groups in total. The van der Waals surface area contributed by atoms with Crippen molar-refractivity contribution in [3.8, 4) is 0 Å². The molecule has 2 unspecified atom stereocenters. The third kappa shape index (κ3) is 3.08. The SMILES string of the molecule is Cc1cc(C)c(C)c(C(N)CC(C)CN)c1C. The highest BCUT2D eigenvalue weighted by molar-refractivity contribution is 5.45. The fourth-order valence-corrected chi connectivity index (χ4v) is 2.45. The molecule has 1 rings (SSSR count).